The predicted octanol–water partition coefficient (Wildman–Crippen LogP) is 22.8. The molecule has 74 heavy (non-hydrogen) atoms. The number of allylic oxidation sites excluding steroid dienone is 2. The molecule has 0 aliphatic rings. The summed E-state index contributed by atoms with van der Waals surface area (Å²) in [5.41, 5.74) is 0. The van der Waals surface area contributed by atoms with E-state index in [0.717, 1.165) is 51.4 Å². The topological polar surface area (TPSA) is 149 Å². The molecule has 0 rings (SSSR count). The quantitative estimate of drug-likeness (QED) is 0.0348. The van der Waals surface area contributed by atoms with Gasteiger partial charge in [0.2, 0.25) is 0 Å². The van der Waals surface area contributed by atoms with E-state index in [1.807, 2.05) is 0 Å². The first-order valence-electron chi connectivity index (χ1n) is 32.6. The Morgan fingerprint density at radius 2 is 0.324 bits per heavy atom. The van der Waals surface area contributed by atoms with Crippen molar-refractivity contribution in [3.8, 4) is 0 Å². The highest BCUT2D eigenvalue weighted by atomic mass is 16.4. The van der Waals surface area contributed by atoms with Crippen LogP contribution in [0.3, 0.4) is 0 Å². The highest BCUT2D eigenvalue weighted by molar-refractivity contribution is 5.67. The van der Waals surface area contributed by atoms with Gasteiger partial charge in [0.15, 0.2) is 0 Å². The Balaban J connectivity index is -0.000000443. The van der Waals surface area contributed by atoms with Crippen molar-refractivity contribution >= 4 is 23.9 Å². The lowest BCUT2D eigenvalue weighted by molar-refractivity contribution is -0.138. The lowest BCUT2D eigenvalue weighted by atomic mass is 10.0. The van der Waals surface area contributed by atoms with Crippen molar-refractivity contribution in [3.05, 3.63) is 12.2 Å². The van der Waals surface area contributed by atoms with Crippen LogP contribution in [0.2, 0.25) is 0 Å². The Hall–Kier alpha value is -2.38. The third-order valence-corrected chi connectivity index (χ3v) is 14.1. The summed E-state index contributed by atoms with van der Waals surface area (Å²) in [6.45, 7) is 9.04. The Bertz CT molecular complexity index is 1110. The van der Waals surface area contributed by atoms with Crippen LogP contribution in [-0.4, -0.2) is 44.3 Å². The van der Waals surface area contributed by atoms with Crippen LogP contribution in [0.1, 0.15) is 387 Å². The van der Waals surface area contributed by atoms with Crippen LogP contribution in [0.25, 0.3) is 0 Å². The average molecular weight is 1050 g/mol. The van der Waals surface area contributed by atoms with E-state index in [9.17, 15) is 19.2 Å². The van der Waals surface area contributed by atoms with Gasteiger partial charge >= 0.3 is 23.9 Å². The van der Waals surface area contributed by atoms with Crippen LogP contribution in [0.15, 0.2) is 12.2 Å². The number of unbranched alkanes of at least 4 members (excludes halogenated alkanes) is 47. The number of carboxylic acids is 4. The summed E-state index contributed by atoms with van der Waals surface area (Å²) in [5.74, 6) is -2.63. The van der Waals surface area contributed by atoms with Gasteiger partial charge in [-0.1, -0.05) is 322 Å². The highest BCUT2D eigenvalue weighted by Gasteiger charge is 2.01. The van der Waals surface area contributed by atoms with Crippen LogP contribution >= 0.6 is 0 Å². The SMILES string of the molecule is CCCCCCCC/C=C\CCCCCCCC(=O)O.CCCCCCCCCCCCCC(=O)O.CCCCCCCCCCCCCCCC(=O)O.CCCCCCCCCCCCCCCCCC(=O)O. The van der Waals surface area contributed by atoms with E-state index in [2.05, 4.69) is 39.8 Å². The minimum absolute atomic E-state index is 0.332. The zero-order valence-electron chi connectivity index (χ0n) is 50.2. The summed E-state index contributed by atoms with van der Waals surface area (Å²) in [7, 11) is 0. The van der Waals surface area contributed by atoms with Crippen LogP contribution in [0.5, 0.6) is 0 Å². The number of hydrogen-bond acceptors (Lipinski definition) is 4. The van der Waals surface area contributed by atoms with E-state index < -0.39 is 23.9 Å². The van der Waals surface area contributed by atoms with Gasteiger partial charge < -0.3 is 20.4 Å². The molecule has 0 aromatic rings. The number of aliphatic carboxylic acids is 4. The Morgan fingerprint density at radius 3 is 0.459 bits per heavy atom. The molecule has 0 aromatic carbocycles. The Kier molecular flexibility index (Phi) is 79.0. The fraction of sp³-hybridized carbons (Fsp3) is 0.909. The summed E-state index contributed by atoms with van der Waals surface area (Å²) in [5, 5.41) is 34.0. The van der Waals surface area contributed by atoms with E-state index >= 15 is 0 Å². The molecule has 0 spiro atoms. The molecule has 0 bridgehead atoms. The minimum atomic E-state index is -0.664. The van der Waals surface area contributed by atoms with Crippen LogP contribution in [0.4, 0.5) is 0 Å². The van der Waals surface area contributed by atoms with E-state index in [1.165, 1.54) is 283 Å². The second-order valence-electron chi connectivity index (χ2n) is 21.9. The van der Waals surface area contributed by atoms with E-state index in [1.54, 1.807) is 0 Å². The summed E-state index contributed by atoms with van der Waals surface area (Å²) in [6, 6.07) is 0. The van der Waals surface area contributed by atoms with Gasteiger partial charge in [-0.05, 0) is 51.4 Å². The normalized spacial score (nSPS) is 10.9. The molecule has 442 valence electrons. The van der Waals surface area contributed by atoms with Gasteiger partial charge in [-0.15, -0.1) is 0 Å². The molecule has 8 heteroatoms. The van der Waals surface area contributed by atoms with Gasteiger partial charge in [0.25, 0.3) is 0 Å². The van der Waals surface area contributed by atoms with Crippen LogP contribution < -0.4 is 0 Å². The van der Waals surface area contributed by atoms with Gasteiger partial charge in [0.05, 0.1) is 0 Å². The predicted molar refractivity (Wildman–Crippen MR) is 321 cm³/mol. The molecular formula is C66H130O8. The van der Waals surface area contributed by atoms with Gasteiger partial charge in [-0.2, -0.15) is 0 Å². The fourth-order valence-corrected chi connectivity index (χ4v) is 9.23. The number of rotatable bonds is 57. The average Bonchev–Trinajstić information content (AvgIpc) is 3.37. The van der Waals surface area contributed by atoms with Crippen LogP contribution in [0, 0.1) is 0 Å². The molecule has 0 aliphatic carbocycles. The second-order valence-corrected chi connectivity index (χ2v) is 21.9. The number of hydrogen-bond donors (Lipinski definition) is 4. The van der Waals surface area contributed by atoms with E-state index in [4.69, 9.17) is 20.4 Å². The van der Waals surface area contributed by atoms with Crippen molar-refractivity contribution < 1.29 is 39.6 Å². The van der Waals surface area contributed by atoms with Crippen molar-refractivity contribution in [1.82, 2.24) is 0 Å². The van der Waals surface area contributed by atoms with Gasteiger partial charge in [-0.25, -0.2) is 0 Å². The van der Waals surface area contributed by atoms with Gasteiger partial charge in [0.1, 0.15) is 0 Å². The molecule has 0 aromatic heterocycles. The minimum Gasteiger partial charge on any atom is -0.481 e. The molecular weight excluding hydrogens is 921 g/mol. The monoisotopic (exact) mass is 1050 g/mol. The Labute approximate surface area is 461 Å². The summed E-state index contributed by atoms with van der Waals surface area (Å²) >= 11 is 0. The van der Waals surface area contributed by atoms with Crippen molar-refractivity contribution in [2.45, 2.75) is 387 Å². The highest BCUT2D eigenvalue weighted by Crippen LogP contribution is 2.16. The zero-order chi connectivity index (χ0) is 55.3. The maximum absolute atomic E-state index is 10.3. The maximum Gasteiger partial charge on any atom is 0.303 e. The summed E-state index contributed by atoms with van der Waals surface area (Å²) in [4.78, 5) is 41.2. The van der Waals surface area contributed by atoms with Crippen molar-refractivity contribution in [2.24, 2.45) is 0 Å². The number of carbonyl (C=O) groups is 4. The zero-order valence-corrected chi connectivity index (χ0v) is 50.2. The molecule has 8 nitrogen and oxygen atoms in total. The van der Waals surface area contributed by atoms with Crippen LogP contribution in [-0.2, 0) is 19.2 Å². The first-order chi connectivity index (χ1) is 36.1. The standard InChI is InChI=1S/C18H36O2.C18H34O2.C16H32O2.C14H28O2/c2*1-2-3-4-5-6-7-8-9-10-11-12-13-14-15-16-17-18(19)20;1-2-3-4-5-6-7-8-9-10-11-12-13-14-15-16(17)18;1-2-3-4-5-6-7-8-9-10-11-12-13-14(15)16/h2-17H2,1H3,(H,19,20);9-10H,2-8,11-17H2,1H3,(H,19,20);2-15H2,1H3,(H,17,18);2-13H2,1H3,(H,15,16)/b;10-9-;;. The molecule has 0 amide bonds. The second kappa shape index (κ2) is 74.9. The summed E-state index contributed by atoms with van der Waals surface area (Å²) in [6.07, 6.45) is 73.1. The first kappa shape index (κ1) is 78.1. The molecule has 0 radical (unpaired) electrons. The van der Waals surface area contributed by atoms with E-state index in [0.29, 0.717) is 25.7 Å². The molecule has 0 heterocycles. The summed E-state index contributed by atoms with van der Waals surface area (Å²) < 4.78 is 0. The largest absolute Gasteiger partial charge is 0.481 e. The van der Waals surface area contributed by atoms with Crippen molar-refractivity contribution in [3.63, 3.8) is 0 Å². The maximum atomic E-state index is 10.3. The molecule has 0 atom stereocenters. The molecule has 0 aliphatic heterocycles. The molecule has 0 unspecified atom stereocenters. The number of carboxylic acid groups (broad SMARTS) is 4. The third kappa shape index (κ3) is 92.2. The smallest absolute Gasteiger partial charge is 0.303 e. The lowest BCUT2D eigenvalue weighted by Crippen LogP contribution is -1.93. The lowest BCUT2D eigenvalue weighted by Gasteiger charge is -2.03. The molecule has 0 fully saturated rings. The molecule has 0 saturated carbocycles. The van der Waals surface area contributed by atoms with Gasteiger partial charge in [0, 0.05) is 25.7 Å². The molecule has 0 saturated heterocycles. The first-order valence-corrected chi connectivity index (χ1v) is 32.6. The fourth-order valence-electron chi connectivity index (χ4n) is 9.23. The van der Waals surface area contributed by atoms with E-state index in [-0.39, 0.29) is 0 Å². The molecule has 4 N–H and O–H groups in total. The van der Waals surface area contributed by atoms with Crippen molar-refractivity contribution in [2.75, 3.05) is 0 Å². The van der Waals surface area contributed by atoms with Crippen molar-refractivity contribution in [1.29, 1.82) is 0 Å². The third-order valence-electron chi connectivity index (χ3n) is 14.1. The Morgan fingerprint density at radius 1 is 0.203 bits per heavy atom. The van der Waals surface area contributed by atoms with Gasteiger partial charge in [-0.3, -0.25) is 19.2 Å².